The molecule has 2 aromatic rings. The van der Waals surface area contributed by atoms with Crippen molar-refractivity contribution in [2.24, 2.45) is 0 Å². The van der Waals surface area contributed by atoms with E-state index in [0.29, 0.717) is 6.10 Å². The Bertz CT molecular complexity index is 620. The molecule has 0 bridgehead atoms. The van der Waals surface area contributed by atoms with E-state index in [4.69, 9.17) is 16.3 Å². The number of aryl methyl sites for hydroxylation is 1. The summed E-state index contributed by atoms with van der Waals surface area (Å²) >= 11 is 9.76. The Kier molecular flexibility index (Phi) is 5.56. The summed E-state index contributed by atoms with van der Waals surface area (Å²) in [6.45, 7) is 0.889. The van der Waals surface area contributed by atoms with Gasteiger partial charge in [0.1, 0.15) is 0 Å². The standard InChI is InChI=1S/C19H20BrClO/c20-17-7-10-19(21)16(13-17)12-15-5-3-14(4-6-15)2-1-11-22-18-8-9-18/h3-7,10,13,18H,1-2,8-9,11-12H2. The van der Waals surface area contributed by atoms with Crippen LogP contribution in [-0.4, -0.2) is 12.7 Å². The van der Waals surface area contributed by atoms with Crippen LogP contribution in [0, 0.1) is 0 Å². The molecule has 1 aliphatic rings. The van der Waals surface area contributed by atoms with Crippen molar-refractivity contribution in [1.29, 1.82) is 0 Å². The SMILES string of the molecule is Clc1ccc(Br)cc1Cc1ccc(CCCOC2CC2)cc1. The Morgan fingerprint density at radius 1 is 1.05 bits per heavy atom. The van der Waals surface area contributed by atoms with E-state index in [2.05, 4.69) is 46.3 Å². The fraction of sp³-hybridized carbons (Fsp3) is 0.368. The minimum Gasteiger partial charge on any atom is -0.378 e. The average molecular weight is 380 g/mol. The zero-order valence-corrected chi connectivity index (χ0v) is 14.9. The molecule has 116 valence electrons. The van der Waals surface area contributed by atoms with E-state index in [1.54, 1.807) is 0 Å². The number of rotatable bonds is 7. The number of halogens is 2. The predicted molar refractivity (Wildman–Crippen MR) is 95.7 cm³/mol. The molecule has 3 heteroatoms. The monoisotopic (exact) mass is 378 g/mol. The van der Waals surface area contributed by atoms with Crippen molar-refractivity contribution in [2.75, 3.05) is 6.61 Å². The van der Waals surface area contributed by atoms with Gasteiger partial charge in [-0.2, -0.15) is 0 Å². The van der Waals surface area contributed by atoms with Crippen LogP contribution < -0.4 is 0 Å². The first-order chi connectivity index (χ1) is 10.7. The summed E-state index contributed by atoms with van der Waals surface area (Å²) in [4.78, 5) is 0. The second-order valence-electron chi connectivity index (χ2n) is 5.90. The molecular formula is C19H20BrClO. The van der Waals surface area contributed by atoms with Gasteiger partial charge in [0.2, 0.25) is 0 Å². The van der Waals surface area contributed by atoms with Gasteiger partial charge in [-0.15, -0.1) is 0 Å². The zero-order valence-electron chi connectivity index (χ0n) is 12.5. The van der Waals surface area contributed by atoms with Gasteiger partial charge in [-0.3, -0.25) is 0 Å². The van der Waals surface area contributed by atoms with Crippen LogP contribution in [0.5, 0.6) is 0 Å². The van der Waals surface area contributed by atoms with Crippen LogP contribution in [0.25, 0.3) is 0 Å². The molecule has 2 aromatic carbocycles. The normalized spacial score (nSPS) is 14.3. The average Bonchev–Trinajstić information content (AvgIpc) is 3.33. The third-order valence-electron chi connectivity index (χ3n) is 3.91. The maximum absolute atomic E-state index is 6.26. The summed E-state index contributed by atoms with van der Waals surface area (Å²) in [5.41, 5.74) is 3.82. The number of benzene rings is 2. The van der Waals surface area contributed by atoms with Crippen molar-refractivity contribution in [1.82, 2.24) is 0 Å². The minimum absolute atomic E-state index is 0.567. The first-order valence-corrected chi connectivity index (χ1v) is 9.01. The lowest BCUT2D eigenvalue weighted by atomic mass is 10.0. The third-order valence-corrected chi connectivity index (χ3v) is 4.78. The van der Waals surface area contributed by atoms with Crippen LogP contribution in [-0.2, 0) is 17.6 Å². The molecule has 0 unspecified atom stereocenters. The van der Waals surface area contributed by atoms with E-state index in [1.165, 1.54) is 24.0 Å². The zero-order chi connectivity index (χ0) is 15.4. The van der Waals surface area contributed by atoms with Crippen LogP contribution in [0.1, 0.15) is 36.0 Å². The van der Waals surface area contributed by atoms with Crippen molar-refractivity contribution >= 4 is 27.5 Å². The maximum Gasteiger partial charge on any atom is 0.0577 e. The van der Waals surface area contributed by atoms with Crippen LogP contribution in [0.3, 0.4) is 0 Å². The van der Waals surface area contributed by atoms with Crippen molar-refractivity contribution in [3.8, 4) is 0 Å². The number of hydrogen-bond donors (Lipinski definition) is 0. The summed E-state index contributed by atoms with van der Waals surface area (Å²) in [6.07, 6.45) is 6.14. The Labute approximate surface area is 145 Å². The number of ether oxygens (including phenoxy) is 1. The fourth-order valence-electron chi connectivity index (χ4n) is 2.48. The quantitative estimate of drug-likeness (QED) is 0.552. The van der Waals surface area contributed by atoms with Gasteiger partial charge in [0.05, 0.1) is 6.10 Å². The summed E-state index contributed by atoms with van der Waals surface area (Å²) in [5, 5.41) is 0.824. The van der Waals surface area contributed by atoms with Crippen LogP contribution in [0.2, 0.25) is 5.02 Å². The molecule has 0 spiro atoms. The van der Waals surface area contributed by atoms with Crippen LogP contribution >= 0.6 is 27.5 Å². The molecule has 0 atom stereocenters. The summed E-state index contributed by atoms with van der Waals surface area (Å²) in [6, 6.07) is 14.8. The molecule has 0 saturated heterocycles. The van der Waals surface area contributed by atoms with E-state index < -0.39 is 0 Å². The third kappa shape index (κ3) is 4.84. The topological polar surface area (TPSA) is 9.23 Å². The van der Waals surface area contributed by atoms with Gasteiger partial charge >= 0.3 is 0 Å². The maximum atomic E-state index is 6.26. The molecule has 22 heavy (non-hydrogen) atoms. The Balaban J connectivity index is 1.53. The second-order valence-corrected chi connectivity index (χ2v) is 7.23. The van der Waals surface area contributed by atoms with Crippen molar-refractivity contribution in [3.05, 3.63) is 68.7 Å². The molecule has 0 heterocycles. The molecule has 0 N–H and O–H groups in total. The molecule has 1 saturated carbocycles. The van der Waals surface area contributed by atoms with E-state index >= 15 is 0 Å². The first kappa shape index (κ1) is 16.0. The Hall–Kier alpha value is -0.830. The van der Waals surface area contributed by atoms with E-state index in [1.807, 2.05) is 12.1 Å². The highest BCUT2D eigenvalue weighted by Crippen LogP contribution is 2.24. The van der Waals surface area contributed by atoms with Gasteiger partial charge in [0.25, 0.3) is 0 Å². The molecule has 1 aliphatic carbocycles. The fourth-order valence-corrected chi connectivity index (χ4v) is 3.08. The molecule has 0 radical (unpaired) electrons. The second kappa shape index (κ2) is 7.63. The van der Waals surface area contributed by atoms with Crippen molar-refractivity contribution < 1.29 is 4.74 Å². The Morgan fingerprint density at radius 3 is 2.50 bits per heavy atom. The molecular weight excluding hydrogens is 360 g/mol. The minimum atomic E-state index is 0.567. The number of hydrogen-bond acceptors (Lipinski definition) is 1. The van der Waals surface area contributed by atoms with E-state index in [0.717, 1.165) is 40.9 Å². The van der Waals surface area contributed by atoms with Crippen molar-refractivity contribution in [3.63, 3.8) is 0 Å². The summed E-state index contributed by atoms with van der Waals surface area (Å²) in [5.74, 6) is 0. The largest absolute Gasteiger partial charge is 0.378 e. The van der Waals surface area contributed by atoms with Crippen LogP contribution in [0.15, 0.2) is 46.9 Å². The van der Waals surface area contributed by atoms with Gasteiger partial charge in [-0.25, -0.2) is 0 Å². The molecule has 0 aromatic heterocycles. The highest BCUT2D eigenvalue weighted by Gasteiger charge is 2.21. The van der Waals surface area contributed by atoms with Gasteiger partial charge < -0.3 is 4.74 Å². The highest BCUT2D eigenvalue weighted by atomic mass is 79.9. The highest BCUT2D eigenvalue weighted by molar-refractivity contribution is 9.10. The molecule has 0 aliphatic heterocycles. The van der Waals surface area contributed by atoms with E-state index in [-0.39, 0.29) is 0 Å². The summed E-state index contributed by atoms with van der Waals surface area (Å²) < 4.78 is 6.75. The Morgan fingerprint density at radius 2 is 1.77 bits per heavy atom. The van der Waals surface area contributed by atoms with Crippen molar-refractivity contribution in [2.45, 2.75) is 38.2 Å². The van der Waals surface area contributed by atoms with Gasteiger partial charge in [-0.05, 0) is 67.0 Å². The van der Waals surface area contributed by atoms with Gasteiger partial charge in [0.15, 0.2) is 0 Å². The molecule has 3 rings (SSSR count). The molecule has 1 fully saturated rings. The molecule has 1 nitrogen and oxygen atoms in total. The predicted octanol–water partition coefficient (Wildman–Crippen LogP) is 5.80. The van der Waals surface area contributed by atoms with Gasteiger partial charge in [0, 0.05) is 16.1 Å². The lowest BCUT2D eigenvalue weighted by Crippen LogP contribution is -1.98. The first-order valence-electron chi connectivity index (χ1n) is 7.84. The smallest absolute Gasteiger partial charge is 0.0577 e. The van der Waals surface area contributed by atoms with Gasteiger partial charge in [-0.1, -0.05) is 51.8 Å². The molecule has 0 amide bonds. The summed E-state index contributed by atoms with van der Waals surface area (Å²) in [7, 11) is 0. The lowest BCUT2D eigenvalue weighted by Gasteiger charge is -2.07. The van der Waals surface area contributed by atoms with Crippen LogP contribution in [0.4, 0.5) is 0 Å². The van der Waals surface area contributed by atoms with E-state index in [9.17, 15) is 0 Å². The lowest BCUT2D eigenvalue weighted by molar-refractivity contribution is 0.117.